The summed E-state index contributed by atoms with van der Waals surface area (Å²) >= 11 is 0. The molecule has 32 heavy (non-hydrogen) atoms. The second-order valence-corrected chi connectivity index (χ2v) is 9.65. The first-order valence-corrected chi connectivity index (χ1v) is 12.0. The highest BCUT2D eigenvalue weighted by atomic mass is 32.2. The summed E-state index contributed by atoms with van der Waals surface area (Å²) in [4.78, 5) is 11.5. The molecule has 3 heterocycles. The van der Waals surface area contributed by atoms with Gasteiger partial charge in [0.2, 0.25) is 16.0 Å². The minimum absolute atomic E-state index is 0.236. The summed E-state index contributed by atoms with van der Waals surface area (Å²) in [7, 11) is -3.65. The molecule has 0 atom stereocenters. The largest absolute Gasteiger partial charge is 0.457 e. The predicted molar refractivity (Wildman–Crippen MR) is 119 cm³/mol. The van der Waals surface area contributed by atoms with Crippen LogP contribution in [0.5, 0.6) is 11.5 Å². The number of rotatable bonds is 5. The summed E-state index contributed by atoms with van der Waals surface area (Å²) in [6.07, 6.45) is 2.42. The first-order valence-electron chi connectivity index (χ1n) is 10.6. The number of ether oxygens (including phenoxy) is 2. The molecule has 0 saturated carbocycles. The Hall–Kier alpha value is -3.01. The number of para-hydroxylation sites is 1. The van der Waals surface area contributed by atoms with Gasteiger partial charge in [-0.2, -0.15) is 4.31 Å². The van der Waals surface area contributed by atoms with E-state index in [0.717, 1.165) is 24.3 Å². The Bertz CT molecular complexity index is 1180. The summed E-state index contributed by atoms with van der Waals surface area (Å²) in [6.45, 7) is 3.39. The highest BCUT2D eigenvalue weighted by Crippen LogP contribution is 2.27. The molecule has 1 saturated heterocycles. The van der Waals surface area contributed by atoms with Crippen molar-refractivity contribution in [2.24, 2.45) is 0 Å². The summed E-state index contributed by atoms with van der Waals surface area (Å²) in [5.41, 5.74) is 1.76. The van der Waals surface area contributed by atoms with Crippen molar-refractivity contribution in [3.63, 3.8) is 0 Å². The number of anilines is 1. The fourth-order valence-corrected chi connectivity index (χ4v) is 5.24. The van der Waals surface area contributed by atoms with Crippen molar-refractivity contribution < 1.29 is 17.9 Å². The van der Waals surface area contributed by atoms with E-state index in [4.69, 9.17) is 9.47 Å². The van der Waals surface area contributed by atoms with E-state index in [-0.39, 0.29) is 11.4 Å². The van der Waals surface area contributed by atoms with E-state index in [2.05, 4.69) is 14.9 Å². The second-order valence-electron chi connectivity index (χ2n) is 7.72. The van der Waals surface area contributed by atoms with Crippen LogP contribution in [-0.4, -0.2) is 55.5 Å². The van der Waals surface area contributed by atoms with Gasteiger partial charge in [-0.05, 0) is 48.4 Å². The smallest absolute Gasteiger partial charge is 0.243 e. The molecule has 8 nitrogen and oxygen atoms in total. The highest BCUT2D eigenvalue weighted by molar-refractivity contribution is 7.89. The molecular weight excluding hydrogens is 428 g/mol. The van der Waals surface area contributed by atoms with Crippen LogP contribution in [0.4, 0.5) is 5.95 Å². The molecule has 2 aliphatic rings. The van der Waals surface area contributed by atoms with Gasteiger partial charge in [0.05, 0.1) is 30.3 Å². The normalized spacial score (nSPS) is 17.1. The van der Waals surface area contributed by atoms with Crippen LogP contribution in [0.25, 0.3) is 0 Å². The average Bonchev–Trinajstić information content (AvgIpc) is 2.85. The summed E-state index contributed by atoms with van der Waals surface area (Å²) in [5, 5.41) is 0. The molecule has 1 fully saturated rings. The number of hydrogen-bond donors (Lipinski definition) is 0. The number of nitrogens with zero attached hydrogens (tertiary/aromatic N) is 4. The van der Waals surface area contributed by atoms with Gasteiger partial charge in [-0.25, -0.2) is 18.4 Å². The molecule has 2 aliphatic heterocycles. The van der Waals surface area contributed by atoms with E-state index in [0.29, 0.717) is 43.6 Å². The molecule has 9 heteroatoms. The Balaban J connectivity index is 1.32. The molecule has 1 aromatic heterocycles. The lowest BCUT2D eigenvalue weighted by molar-refractivity contribution is 0.122. The molecule has 0 bridgehead atoms. The van der Waals surface area contributed by atoms with E-state index < -0.39 is 10.0 Å². The lowest BCUT2D eigenvalue weighted by Crippen LogP contribution is -2.39. The zero-order valence-electron chi connectivity index (χ0n) is 17.6. The monoisotopic (exact) mass is 452 g/mol. The molecule has 0 aliphatic carbocycles. The SMILES string of the molecule is O=S(=O)(c1ccc(Oc2ccccc2)cc1)N1CCc2cnc(N3CCOCC3)nc2C1. The number of fused-ring (bicyclic) bond motifs is 1. The number of benzene rings is 2. The van der Waals surface area contributed by atoms with Crippen LogP contribution >= 0.6 is 0 Å². The van der Waals surface area contributed by atoms with Gasteiger partial charge in [0.15, 0.2) is 0 Å². The zero-order chi connectivity index (χ0) is 22.0. The minimum atomic E-state index is -3.65. The predicted octanol–water partition coefficient (Wildman–Crippen LogP) is 2.85. The Morgan fingerprint density at radius 3 is 2.38 bits per heavy atom. The van der Waals surface area contributed by atoms with Crippen LogP contribution in [0.1, 0.15) is 11.3 Å². The maximum Gasteiger partial charge on any atom is 0.243 e. The Morgan fingerprint density at radius 1 is 0.906 bits per heavy atom. The molecule has 0 amide bonds. The van der Waals surface area contributed by atoms with Crippen molar-refractivity contribution in [3.8, 4) is 11.5 Å². The van der Waals surface area contributed by atoms with E-state index in [9.17, 15) is 8.42 Å². The van der Waals surface area contributed by atoms with Gasteiger partial charge in [0.1, 0.15) is 11.5 Å². The molecule has 0 spiro atoms. The molecule has 2 aromatic carbocycles. The highest BCUT2D eigenvalue weighted by Gasteiger charge is 2.30. The third kappa shape index (κ3) is 4.32. The quantitative estimate of drug-likeness (QED) is 0.588. The van der Waals surface area contributed by atoms with Crippen molar-refractivity contribution >= 4 is 16.0 Å². The lowest BCUT2D eigenvalue weighted by Gasteiger charge is -2.30. The van der Waals surface area contributed by atoms with Crippen molar-refractivity contribution in [2.75, 3.05) is 37.7 Å². The molecule has 166 valence electrons. The molecular formula is C23H24N4O4S. The number of morpholine rings is 1. The van der Waals surface area contributed by atoms with Gasteiger partial charge in [-0.1, -0.05) is 18.2 Å². The van der Waals surface area contributed by atoms with Gasteiger partial charge >= 0.3 is 0 Å². The summed E-state index contributed by atoms with van der Waals surface area (Å²) < 4.78 is 39.2. The Kier molecular flexibility index (Phi) is 5.77. The summed E-state index contributed by atoms with van der Waals surface area (Å²) in [6, 6.07) is 15.9. The third-order valence-corrected chi connectivity index (χ3v) is 7.49. The van der Waals surface area contributed by atoms with Crippen LogP contribution in [-0.2, 0) is 27.7 Å². The maximum atomic E-state index is 13.3. The topological polar surface area (TPSA) is 84.9 Å². The van der Waals surface area contributed by atoms with Gasteiger partial charge in [0.25, 0.3) is 0 Å². The van der Waals surface area contributed by atoms with Gasteiger partial charge in [-0.15, -0.1) is 0 Å². The van der Waals surface area contributed by atoms with Crippen LogP contribution in [0.2, 0.25) is 0 Å². The van der Waals surface area contributed by atoms with Gasteiger partial charge in [0, 0.05) is 25.8 Å². The van der Waals surface area contributed by atoms with Gasteiger partial charge < -0.3 is 14.4 Å². The molecule has 0 unspecified atom stereocenters. The van der Waals surface area contributed by atoms with Crippen LogP contribution in [0.3, 0.4) is 0 Å². The zero-order valence-corrected chi connectivity index (χ0v) is 18.4. The average molecular weight is 453 g/mol. The van der Waals surface area contributed by atoms with E-state index in [1.54, 1.807) is 24.3 Å². The second kappa shape index (κ2) is 8.85. The summed E-state index contributed by atoms with van der Waals surface area (Å²) in [5.74, 6) is 1.92. The first-order chi connectivity index (χ1) is 15.6. The first kappa shape index (κ1) is 20.9. The minimum Gasteiger partial charge on any atom is -0.457 e. The third-order valence-electron chi connectivity index (χ3n) is 5.63. The number of aromatic nitrogens is 2. The van der Waals surface area contributed by atoms with Gasteiger partial charge in [-0.3, -0.25) is 0 Å². The Morgan fingerprint density at radius 2 is 1.62 bits per heavy atom. The number of hydrogen-bond acceptors (Lipinski definition) is 7. The standard InChI is InChI=1S/C23H24N4O4S/c28-32(29,21-8-6-20(7-9-21)31-19-4-2-1-3-5-19)27-11-10-18-16-24-23(25-22(18)17-27)26-12-14-30-15-13-26/h1-9,16H,10-15,17H2. The lowest BCUT2D eigenvalue weighted by atomic mass is 10.1. The van der Waals surface area contributed by atoms with E-state index in [1.807, 2.05) is 36.5 Å². The Labute approximate surface area is 187 Å². The maximum absolute atomic E-state index is 13.3. The van der Waals surface area contributed by atoms with E-state index in [1.165, 1.54) is 4.31 Å². The van der Waals surface area contributed by atoms with Crippen molar-refractivity contribution in [1.29, 1.82) is 0 Å². The van der Waals surface area contributed by atoms with Crippen molar-refractivity contribution in [2.45, 2.75) is 17.9 Å². The fraction of sp³-hybridized carbons (Fsp3) is 0.304. The number of sulfonamides is 1. The van der Waals surface area contributed by atoms with E-state index >= 15 is 0 Å². The fourth-order valence-electron chi connectivity index (χ4n) is 3.84. The molecule has 0 radical (unpaired) electrons. The molecule has 0 N–H and O–H groups in total. The van der Waals surface area contributed by atoms with Crippen LogP contribution in [0.15, 0.2) is 65.7 Å². The molecule has 5 rings (SSSR count). The van der Waals surface area contributed by atoms with Crippen molar-refractivity contribution in [3.05, 3.63) is 72.1 Å². The van der Waals surface area contributed by atoms with Crippen LogP contribution in [0, 0.1) is 0 Å². The molecule has 3 aromatic rings. The van der Waals surface area contributed by atoms with Crippen molar-refractivity contribution in [1.82, 2.24) is 14.3 Å². The van der Waals surface area contributed by atoms with Crippen LogP contribution < -0.4 is 9.64 Å².